The average molecular weight is 390 g/mol. The van der Waals surface area contributed by atoms with Gasteiger partial charge in [0.1, 0.15) is 18.1 Å². The van der Waals surface area contributed by atoms with Crippen molar-refractivity contribution in [3.05, 3.63) is 64.9 Å². The van der Waals surface area contributed by atoms with E-state index in [2.05, 4.69) is 22.3 Å². The summed E-state index contributed by atoms with van der Waals surface area (Å²) in [6.07, 6.45) is 0.951. The molecular weight excluding hydrogens is 370 g/mol. The van der Waals surface area contributed by atoms with Gasteiger partial charge in [-0.2, -0.15) is 0 Å². The van der Waals surface area contributed by atoms with Gasteiger partial charge in [-0.05, 0) is 36.2 Å². The van der Waals surface area contributed by atoms with Gasteiger partial charge in [-0.15, -0.1) is 10.2 Å². The molecule has 3 aromatic rings. The molecular formula is C19H20ClN3O2S. The van der Waals surface area contributed by atoms with E-state index in [4.69, 9.17) is 21.1 Å². The van der Waals surface area contributed by atoms with Crippen molar-refractivity contribution >= 4 is 23.4 Å². The second-order valence-corrected chi connectivity index (χ2v) is 7.09. The molecule has 26 heavy (non-hydrogen) atoms. The monoisotopic (exact) mass is 389 g/mol. The number of halogens is 1. The molecule has 0 bridgehead atoms. The van der Waals surface area contributed by atoms with Gasteiger partial charge in [-0.1, -0.05) is 47.6 Å². The van der Waals surface area contributed by atoms with Crippen LogP contribution in [0.5, 0.6) is 11.5 Å². The first kappa shape index (κ1) is 18.6. The summed E-state index contributed by atoms with van der Waals surface area (Å²) in [5.74, 6) is 3.20. The molecule has 0 aliphatic heterocycles. The van der Waals surface area contributed by atoms with E-state index >= 15 is 0 Å². The lowest BCUT2D eigenvalue weighted by molar-refractivity contribution is 0.290. The van der Waals surface area contributed by atoms with E-state index < -0.39 is 0 Å². The van der Waals surface area contributed by atoms with Crippen LogP contribution in [0.15, 0.2) is 53.7 Å². The molecule has 1 aromatic heterocycles. The summed E-state index contributed by atoms with van der Waals surface area (Å²) in [6.45, 7) is 0.326. The Morgan fingerprint density at radius 2 is 1.85 bits per heavy atom. The molecule has 0 atom stereocenters. The third-order valence-corrected chi connectivity index (χ3v) is 5.23. The van der Waals surface area contributed by atoms with E-state index in [1.807, 2.05) is 41.9 Å². The standard InChI is InChI=1S/C19H20ClN3O2S/c1-23-18(13-25-17-6-4-3-5-16(17)20)21-22-19(23)26-12-11-14-7-9-15(24-2)10-8-14/h3-10H,11-13H2,1-2H3. The molecule has 7 heteroatoms. The fourth-order valence-electron chi connectivity index (χ4n) is 2.35. The number of hydrogen-bond acceptors (Lipinski definition) is 5. The van der Waals surface area contributed by atoms with Crippen molar-refractivity contribution < 1.29 is 9.47 Å². The minimum atomic E-state index is 0.326. The van der Waals surface area contributed by atoms with Crippen molar-refractivity contribution in [2.45, 2.75) is 18.2 Å². The summed E-state index contributed by atoms with van der Waals surface area (Å²) in [5, 5.41) is 9.93. The van der Waals surface area contributed by atoms with Gasteiger partial charge in [-0.3, -0.25) is 0 Å². The second-order valence-electron chi connectivity index (χ2n) is 5.62. The summed E-state index contributed by atoms with van der Waals surface area (Å²) >= 11 is 7.78. The van der Waals surface area contributed by atoms with Gasteiger partial charge in [0.2, 0.25) is 0 Å². The zero-order valence-electron chi connectivity index (χ0n) is 14.7. The van der Waals surface area contributed by atoms with Crippen LogP contribution >= 0.6 is 23.4 Å². The van der Waals surface area contributed by atoms with Crippen LogP contribution in [0.1, 0.15) is 11.4 Å². The first-order valence-corrected chi connectivity index (χ1v) is 9.55. The quantitative estimate of drug-likeness (QED) is 0.535. The summed E-state index contributed by atoms with van der Waals surface area (Å²) in [5.41, 5.74) is 1.27. The molecule has 1 heterocycles. The maximum atomic E-state index is 6.10. The first-order valence-electron chi connectivity index (χ1n) is 8.18. The van der Waals surface area contributed by atoms with Crippen LogP contribution in [0.25, 0.3) is 0 Å². The van der Waals surface area contributed by atoms with Gasteiger partial charge < -0.3 is 14.0 Å². The smallest absolute Gasteiger partial charge is 0.191 e. The van der Waals surface area contributed by atoms with Gasteiger partial charge in [0.05, 0.1) is 12.1 Å². The highest BCUT2D eigenvalue weighted by Gasteiger charge is 2.10. The van der Waals surface area contributed by atoms with Crippen LogP contribution in [-0.2, 0) is 20.1 Å². The summed E-state index contributed by atoms with van der Waals surface area (Å²) in [4.78, 5) is 0. The molecule has 0 aliphatic rings. The summed E-state index contributed by atoms with van der Waals surface area (Å²) in [7, 11) is 3.62. The number of aromatic nitrogens is 3. The van der Waals surface area contributed by atoms with Gasteiger partial charge in [0.25, 0.3) is 0 Å². The van der Waals surface area contributed by atoms with Gasteiger partial charge in [-0.25, -0.2) is 0 Å². The fraction of sp³-hybridized carbons (Fsp3) is 0.263. The summed E-state index contributed by atoms with van der Waals surface area (Å²) in [6, 6.07) is 15.5. The SMILES string of the molecule is COc1ccc(CCSc2nnc(COc3ccccc3Cl)n2C)cc1. The predicted octanol–water partition coefficient (Wildman–Crippen LogP) is 4.39. The Labute approximate surface area is 162 Å². The molecule has 5 nitrogen and oxygen atoms in total. The maximum Gasteiger partial charge on any atom is 0.191 e. The van der Waals surface area contributed by atoms with Gasteiger partial charge in [0, 0.05) is 12.8 Å². The van der Waals surface area contributed by atoms with Gasteiger partial charge in [0.15, 0.2) is 11.0 Å². The Hall–Kier alpha value is -2.18. The first-order chi connectivity index (χ1) is 12.7. The number of benzene rings is 2. The minimum absolute atomic E-state index is 0.326. The van der Waals surface area contributed by atoms with Crippen LogP contribution in [0.3, 0.4) is 0 Å². The highest BCUT2D eigenvalue weighted by Crippen LogP contribution is 2.24. The molecule has 0 fully saturated rings. The number of para-hydroxylation sites is 1. The Kier molecular flexibility index (Phi) is 6.41. The molecule has 0 unspecified atom stereocenters. The van der Waals surface area contributed by atoms with Crippen molar-refractivity contribution in [3.63, 3.8) is 0 Å². The van der Waals surface area contributed by atoms with E-state index in [9.17, 15) is 0 Å². The van der Waals surface area contributed by atoms with Crippen molar-refractivity contribution in [2.24, 2.45) is 7.05 Å². The Morgan fingerprint density at radius 3 is 2.58 bits per heavy atom. The van der Waals surface area contributed by atoms with E-state index in [1.165, 1.54) is 5.56 Å². The zero-order valence-corrected chi connectivity index (χ0v) is 16.3. The molecule has 0 saturated heterocycles. The lowest BCUT2D eigenvalue weighted by Crippen LogP contribution is -2.04. The predicted molar refractivity (Wildman–Crippen MR) is 104 cm³/mol. The molecule has 0 aliphatic carbocycles. The molecule has 3 rings (SSSR count). The van der Waals surface area contributed by atoms with E-state index in [1.54, 1.807) is 24.9 Å². The fourth-order valence-corrected chi connectivity index (χ4v) is 3.46. The van der Waals surface area contributed by atoms with E-state index in [0.29, 0.717) is 17.4 Å². The van der Waals surface area contributed by atoms with Crippen LogP contribution in [-0.4, -0.2) is 27.6 Å². The van der Waals surface area contributed by atoms with Crippen LogP contribution in [0.2, 0.25) is 5.02 Å². The molecule has 2 aromatic carbocycles. The number of methoxy groups -OCH3 is 1. The van der Waals surface area contributed by atoms with E-state index in [0.717, 1.165) is 28.9 Å². The Balaban J connectivity index is 1.52. The molecule has 0 radical (unpaired) electrons. The summed E-state index contributed by atoms with van der Waals surface area (Å²) < 4.78 is 12.9. The Bertz CT molecular complexity index is 852. The molecule has 0 amide bonds. The molecule has 0 saturated carbocycles. The number of rotatable bonds is 8. The van der Waals surface area contributed by atoms with Crippen LogP contribution in [0.4, 0.5) is 0 Å². The topological polar surface area (TPSA) is 49.2 Å². The number of thioether (sulfide) groups is 1. The number of aryl methyl sites for hydroxylation is 1. The van der Waals surface area contributed by atoms with Gasteiger partial charge >= 0.3 is 0 Å². The number of ether oxygens (including phenoxy) is 2. The van der Waals surface area contributed by atoms with Crippen molar-refractivity contribution in [1.82, 2.24) is 14.8 Å². The van der Waals surface area contributed by atoms with Crippen molar-refractivity contribution in [3.8, 4) is 11.5 Å². The molecule has 0 N–H and O–H groups in total. The van der Waals surface area contributed by atoms with Crippen molar-refractivity contribution in [1.29, 1.82) is 0 Å². The zero-order chi connectivity index (χ0) is 18.4. The highest BCUT2D eigenvalue weighted by atomic mass is 35.5. The van der Waals surface area contributed by atoms with Crippen LogP contribution in [0, 0.1) is 0 Å². The molecule has 136 valence electrons. The third-order valence-electron chi connectivity index (χ3n) is 3.90. The maximum absolute atomic E-state index is 6.10. The largest absolute Gasteiger partial charge is 0.497 e. The average Bonchev–Trinajstić information content (AvgIpc) is 3.02. The lowest BCUT2D eigenvalue weighted by Gasteiger charge is -2.08. The van der Waals surface area contributed by atoms with Crippen LogP contribution < -0.4 is 9.47 Å². The number of hydrogen-bond donors (Lipinski definition) is 0. The number of nitrogens with zero attached hydrogens (tertiary/aromatic N) is 3. The second kappa shape index (κ2) is 8.96. The third kappa shape index (κ3) is 4.71. The Morgan fingerprint density at radius 1 is 1.08 bits per heavy atom. The molecule has 0 spiro atoms. The lowest BCUT2D eigenvalue weighted by atomic mass is 10.2. The normalized spacial score (nSPS) is 10.7. The van der Waals surface area contributed by atoms with E-state index in [-0.39, 0.29) is 0 Å². The highest BCUT2D eigenvalue weighted by molar-refractivity contribution is 7.99. The minimum Gasteiger partial charge on any atom is -0.497 e. The van der Waals surface area contributed by atoms with Crippen molar-refractivity contribution in [2.75, 3.05) is 12.9 Å².